The summed E-state index contributed by atoms with van der Waals surface area (Å²) in [6.45, 7) is 17.9. The van der Waals surface area contributed by atoms with Gasteiger partial charge in [0.15, 0.2) is 0 Å². The third kappa shape index (κ3) is 2.66. The molecule has 0 aromatic carbocycles. The average Bonchev–Trinajstić information content (AvgIpc) is 2.74. The van der Waals surface area contributed by atoms with Crippen LogP contribution in [0.5, 0.6) is 0 Å². The van der Waals surface area contributed by atoms with Gasteiger partial charge in [-0.15, -0.1) is 0 Å². The molecular formula is C30H50O2. The van der Waals surface area contributed by atoms with Gasteiger partial charge in [0.25, 0.3) is 0 Å². The molecule has 1 unspecified atom stereocenters. The molecule has 2 N–H and O–H groups in total. The normalized spacial score (nSPS) is 56.8. The van der Waals surface area contributed by atoms with Gasteiger partial charge in [-0.1, -0.05) is 53.2 Å². The van der Waals surface area contributed by atoms with E-state index < -0.39 is 0 Å². The molecule has 5 rings (SSSR count). The molecule has 4 fully saturated rings. The Balaban J connectivity index is 1.55. The van der Waals surface area contributed by atoms with Crippen LogP contribution in [-0.4, -0.2) is 22.9 Å². The molecule has 0 radical (unpaired) electrons. The Morgan fingerprint density at radius 2 is 1.59 bits per heavy atom. The first-order valence-electron chi connectivity index (χ1n) is 13.8. The van der Waals surface area contributed by atoms with Crippen LogP contribution >= 0.6 is 0 Å². The topological polar surface area (TPSA) is 40.5 Å². The first-order chi connectivity index (χ1) is 14.9. The van der Waals surface area contributed by atoms with Gasteiger partial charge >= 0.3 is 0 Å². The molecule has 32 heavy (non-hydrogen) atoms. The molecule has 0 amide bonds. The largest absolute Gasteiger partial charge is 0.396 e. The van der Waals surface area contributed by atoms with Gasteiger partial charge in [0.05, 0.1) is 6.10 Å². The molecule has 2 heteroatoms. The van der Waals surface area contributed by atoms with Crippen molar-refractivity contribution in [3.05, 3.63) is 11.6 Å². The average molecular weight is 443 g/mol. The number of aliphatic hydroxyl groups is 2. The zero-order valence-corrected chi connectivity index (χ0v) is 22.0. The molecule has 4 saturated carbocycles. The predicted molar refractivity (Wildman–Crippen MR) is 132 cm³/mol. The van der Waals surface area contributed by atoms with Crippen molar-refractivity contribution in [2.45, 2.75) is 112 Å². The minimum absolute atomic E-state index is 0.0322. The van der Waals surface area contributed by atoms with Gasteiger partial charge < -0.3 is 10.2 Å². The molecule has 182 valence electrons. The number of aliphatic hydroxyl groups excluding tert-OH is 2. The maximum Gasteiger partial charge on any atom is 0.0594 e. The van der Waals surface area contributed by atoms with Crippen LogP contribution in [0.4, 0.5) is 0 Å². The summed E-state index contributed by atoms with van der Waals surface area (Å²) in [6.07, 6.45) is 13.3. The molecule has 0 aromatic rings. The van der Waals surface area contributed by atoms with E-state index in [-0.39, 0.29) is 16.9 Å². The Bertz CT molecular complexity index is 799. The van der Waals surface area contributed by atoms with Crippen molar-refractivity contribution >= 4 is 0 Å². The molecule has 5 aliphatic carbocycles. The van der Waals surface area contributed by atoms with Crippen molar-refractivity contribution in [3.8, 4) is 0 Å². The first kappa shape index (κ1) is 23.4. The summed E-state index contributed by atoms with van der Waals surface area (Å²) in [4.78, 5) is 0. The Labute approximate surface area is 197 Å². The molecular weight excluding hydrogens is 392 g/mol. The number of allylic oxidation sites excluding steroid dienone is 2. The number of rotatable bonds is 1. The minimum atomic E-state index is -0.144. The highest BCUT2D eigenvalue weighted by Crippen LogP contribution is 2.76. The van der Waals surface area contributed by atoms with Gasteiger partial charge in [-0.3, -0.25) is 0 Å². The fraction of sp³-hybridized carbons (Fsp3) is 0.933. The summed E-state index contributed by atoms with van der Waals surface area (Å²) >= 11 is 0. The Morgan fingerprint density at radius 1 is 0.875 bits per heavy atom. The van der Waals surface area contributed by atoms with Gasteiger partial charge in [-0.05, 0) is 116 Å². The van der Waals surface area contributed by atoms with Crippen LogP contribution < -0.4 is 0 Å². The molecule has 5 aliphatic rings. The van der Waals surface area contributed by atoms with Crippen molar-refractivity contribution in [2.75, 3.05) is 6.61 Å². The van der Waals surface area contributed by atoms with E-state index in [9.17, 15) is 10.2 Å². The molecule has 0 aromatic heterocycles. The lowest BCUT2D eigenvalue weighted by Gasteiger charge is -2.73. The second kappa shape index (κ2) is 7.09. The van der Waals surface area contributed by atoms with Crippen LogP contribution in [0.2, 0.25) is 0 Å². The summed E-state index contributed by atoms with van der Waals surface area (Å²) in [5, 5.41) is 21.6. The fourth-order valence-electron chi connectivity index (χ4n) is 11.3. The van der Waals surface area contributed by atoms with Crippen LogP contribution in [0.1, 0.15) is 106 Å². The highest BCUT2D eigenvalue weighted by atomic mass is 16.3. The van der Waals surface area contributed by atoms with E-state index in [4.69, 9.17) is 0 Å². The van der Waals surface area contributed by atoms with E-state index in [1.807, 2.05) is 0 Å². The summed E-state index contributed by atoms with van der Waals surface area (Å²) in [5.74, 6) is 3.35. The lowest BCUT2D eigenvalue weighted by Crippen LogP contribution is -2.67. The number of hydrogen-bond donors (Lipinski definition) is 2. The Kier molecular flexibility index (Phi) is 5.19. The highest BCUT2D eigenvalue weighted by molar-refractivity contribution is 5.23. The molecule has 10 atom stereocenters. The van der Waals surface area contributed by atoms with E-state index in [1.165, 1.54) is 44.9 Å². The fourth-order valence-corrected chi connectivity index (χ4v) is 11.3. The molecule has 0 bridgehead atoms. The second-order valence-electron chi connectivity index (χ2n) is 14.5. The van der Waals surface area contributed by atoms with Crippen molar-refractivity contribution in [1.82, 2.24) is 0 Å². The van der Waals surface area contributed by atoms with E-state index in [0.717, 1.165) is 24.7 Å². The first-order valence-corrected chi connectivity index (χ1v) is 13.8. The molecule has 0 heterocycles. The third-order valence-electron chi connectivity index (χ3n) is 13.6. The van der Waals surface area contributed by atoms with E-state index >= 15 is 0 Å². The van der Waals surface area contributed by atoms with Gasteiger partial charge in [-0.25, -0.2) is 0 Å². The van der Waals surface area contributed by atoms with Crippen LogP contribution in [0.25, 0.3) is 0 Å². The van der Waals surface area contributed by atoms with E-state index in [0.29, 0.717) is 40.6 Å². The maximum atomic E-state index is 10.9. The van der Waals surface area contributed by atoms with Gasteiger partial charge in [0.1, 0.15) is 0 Å². The lowest BCUT2D eigenvalue weighted by molar-refractivity contribution is -0.254. The summed E-state index contributed by atoms with van der Waals surface area (Å²) in [6, 6.07) is 0. The quantitative estimate of drug-likeness (QED) is 0.429. The van der Waals surface area contributed by atoms with Crippen LogP contribution in [0.3, 0.4) is 0 Å². The lowest BCUT2D eigenvalue weighted by atomic mass is 9.31. The summed E-state index contributed by atoms with van der Waals surface area (Å²) in [5.41, 5.74) is 2.79. The van der Waals surface area contributed by atoms with Gasteiger partial charge in [0, 0.05) is 12.0 Å². The molecule has 0 aliphatic heterocycles. The van der Waals surface area contributed by atoms with Crippen molar-refractivity contribution in [3.63, 3.8) is 0 Å². The molecule has 2 nitrogen and oxygen atoms in total. The van der Waals surface area contributed by atoms with Crippen molar-refractivity contribution in [2.24, 2.45) is 56.7 Å². The van der Waals surface area contributed by atoms with Crippen LogP contribution in [-0.2, 0) is 0 Å². The Hall–Kier alpha value is -0.340. The SMILES string of the molecule is CC1=CC[C@]2(CO)CC[C@]3(C)[C@H](CC[C@@H]4[C@@]5(C)CC[C@@H](O)C(C)(C)[C@@H]5CC[C@]43C)C2[C@@H]1C. The van der Waals surface area contributed by atoms with Crippen molar-refractivity contribution < 1.29 is 10.2 Å². The smallest absolute Gasteiger partial charge is 0.0594 e. The molecule has 0 saturated heterocycles. The predicted octanol–water partition coefficient (Wildman–Crippen LogP) is 7.00. The van der Waals surface area contributed by atoms with Crippen molar-refractivity contribution in [1.29, 1.82) is 0 Å². The van der Waals surface area contributed by atoms with E-state index in [2.05, 4.69) is 54.5 Å². The highest BCUT2D eigenvalue weighted by Gasteiger charge is 2.70. The van der Waals surface area contributed by atoms with Crippen LogP contribution in [0, 0.1) is 56.7 Å². The molecule has 0 spiro atoms. The second-order valence-corrected chi connectivity index (χ2v) is 14.5. The zero-order valence-electron chi connectivity index (χ0n) is 22.0. The third-order valence-corrected chi connectivity index (χ3v) is 13.6. The zero-order chi connectivity index (χ0) is 23.3. The number of fused-ring (bicyclic) bond motifs is 7. The maximum absolute atomic E-state index is 10.9. The van der Waals surface area contributed by atoms with Gasteiger partial charge in [0.2, 0.25) is 0 Å². The van der Waals surface area contributed by atoms with Crippen LogP contribution in [0.15, 0.2) is 11.6 Å². The standard InChI is InChI=1S/C30H50O2/c1-19-10-15-30(18-31)17-16-28(6)21(25(30)20(19)2)8-9-23-27(5)13-12-24(32)26(3,4)22(27)11-14-29(23,28)7/h10,20-25,31-32H,8-9,11-18H2,1-7H3/t20-,21-,22+,23-,24-,25?,27+,28-,29-,30-/m1/s1. The minimum Gasteiger partial charge on any atom is -0.396 e. The monoisotopic (exact) mass is 442 g/mol. The van der Waals surface area contributed by atoms with E-state index in [1.54, 1.807) is 5.57 Å². The van der Waals surface area contributed by atoms with Gasteiger partial charge in [-0.2, -0.15) is 0 Å². The summed E-state index contributed by atoms with van der Waals surface area (Å²) in [7, 11) is 0. The Morgan fingerprint density at radius 3 is 2.28 bits per heavy atom. The number of hydrogen-bond acceptors (Lipinski definition) is 2. The summed E-state index contributed by atoms with van der Waals surface area (Å²) < 4.78 is 0.